The second kappa shape index (κ2) is 3.71. The molecule has 0 saturated heterocycles. The van der Waals surface area contributed by atoms with E-state index in [1.807, 2.05) is 0 Å². The number of hydrogen-bond acceptors (Lipinski definition) is 0. The zero-order valence-corrected chi connectivity index (χ0v) is 11.6. The molecular formula is C18H20N+. The van der Waals surface area contributed by atoms with Gasteiger partial charge in [0.1, 0.15) is 12.1 Å². The predicted molar refractivity (Wildman–Crippen MR) is 77.9 cm³/mol. The maximum Gasteiger partial charge on any atom is 0.119 e. The van der Waals surface area contributed by atoms with Gasteiger partial charge in [0, 0.05) is 24.0 Å². The van der Waals surface area contributed by atoms with Crippen molar-refractivity contribution in [1.82, 2.24) is 0 Å². The molecule has 0 N–H and O–H groups in total. The summed E-state index contributed by atoms with van der Waals surface area (Å²) in [6.45, 7) is 0. The quantitative estimate of drug-likeness (QED) is 0.626. The van der Waals surface area contributed by atoms with Gasteiger partial charge in [0.05, 0.1) is 14.1 Å². The summed E-state index contributed by atoms with van der Waals surface area (Å²) in [5.41, 5.74) is 6.26. The number of hydrogen-bond donors (Lipinski definition) is 0. The Morgan fingerprint density at radius 3 is 1.63 bits per heavy atom. The second-order valence-electron chi connectivity index (χ2n) is 6.47. The summed E-state index contributed by atoms with van der Waals surface area (Å²) in [5, 5.41) is 0. The van der Waals surface area contributed by atoms with Crippen LogP contribution in [0.15, 0.2) is 48.5 Å². The van der Waals surface area contributed by atoms with E-state index in [2.05, 4.69) is 62.6 Å². The fourth-order valence-corrected chi connectivity index (χ4v) is 4.13. The van der Waals surface area contributed by atoms with E-state index in [0.717, 1.165) is 4.48 Å². The largest absolute Gasteiger partial charge is 0.316 e. The van der Waals surface area contributed by atoms with Crippen molar-refractivity contribution >= 4 is 0 Å². The summed E-state index contributed by atoms with van der Waals surface area (Å²) in [7, 11) is 4.81. The van der Waals surface area contributed by atoms with Gasteiger partial charge < -0.3 is 4.48 Å². The van der Waals surface area contributed by atoms with Gasteiger partial charge in [-0.2, -0.15) is 0 Å². The summed E-state index contributed by atoms with van der Waals surface area (Å²) in [6, 6.07) is 19.3. The molecule has 2 aliphatic heterocycles. The minimum absolute atomic E-state index is 0.616. The smallest absolute Gasteiger partial charge is 0.119 e. The van der Waals surface area contributed by atoms with Gasteiger partial charge in [-0.15, -0.1) is 0 Å². The molecule has 2 aromatic rings. The van der Waals surface area contributed by atoms with Crippen LogP contribution >= 0.6 is 0 Å². The van der Waals surface area contributed by atoms with E-state index in [1.54, 1.807) is 22.3 Å². The van der Waals surface area contributed by atoms with Crippen molar-refractivity contribution in [1.29, 1.82) is 0 Å². The molecule has 1 nitrogen and oxygen atoms in total. The van der Waals surface area contributed by atoms with Crippen molar-refractivity contribution < 1.29 is 4.48 Å². The molecule has 1 heteroatoms. The van der Waals surface area contributed by atoms with Gasteiger partial charge in [0.2, 0.25) is 0 Å². The average Bonchev–Trinajstić information content (AvgIpc) is 2.40. The van der Waals surface area contributed by atoms with Crippen LogP contribution < -0.4 is 0 Å². The third-order valence-corrected chi connectivity index (χ3v) is 5.26. The lowest BCUT2D eigenvalue weighted by Crippen LogP contribution is -2.53. The molecule has 0 amide bonds. The normalized spacial score (nSPS) is 26.4. The average molecular weight is 250 g/mol. The van der Waals surface area contributed by atoms with Gasteiger partial charge in [0.15, 0.2) is 0 Å². The van der Waals surface area contributed by atoms with Crippen molar-refractivity contribution in [2.24, 2.45) is 0 Å². The van der Waals surface area contributed by atoms with Gasteiger partial charge >= 0.3 is 0 Å². The Hall–Kier alpha value is -1.60. The zero-order chi connectivity index (χ0) is 13.0. The number of likely N-dealkylation sites (N-methyl/N-ethyl adjacent to an activating group) is 1. The van der Waals surface area contributed by atoms with Crippen molar-refractivity contribution in [3.63, 3.8) is 0 Å². The molecule has 0 radical (unpaired) electrons. The van der Waals surface area contributed by atoms with Crippen molar-refractivity contribution in [2.45, 2.75) is 24.9 Å². The SMILES string of the molecule is C[N+]1(C)C2Cc3ccccc3C1Cc1ccccc12. The van der Waals surface area contributed by atoms with Crippen LogP contribution in [0.25, 0.3) is 0 Å². The number of rotatable bonds is 0. The van der Waals surface area contributed by atoms with Crippen molar-refractivity contribution in [2.75, 3.05) is 14.1 Å². The van der Waals surface area contributed by atoms with E-state index in [-0.39, 0.29) is 0 Å². The highest BCUT2D eigenvalue weighted by Gasteiger charge is 2.47. The Kier molecular flexibility index (Phi) is 2.19. The molecule has 2 heterocycles. The fraction of sp³-hybridized carbons (Fsp3) is 0.333. The van der Waals surface area contributed by atoms with Gasteiger partial charge in [-0.1, -0.05) is 48.5 Å². The molecule has 0 spiro atoms. The lowest BCUT2D eigenvalue weighted by Gasteiger charge is -2.52. The summed E-state index contributed by atoms with van der Waals surface area (Å²) >= 11 is 0. The maximum atomic E-state index is 2.40. The van der Waals surface area contributed by atoms with E-state index in [0.29, 0.717) is 12.1 Å². The molecule has 2 unspecified atom stereocenters. The Balaban J connectivity index is 1.95. The summed E-state index contributed by atoms with van der Waals surface area (Å²) in [6.07, 6.45) is 2.35. The highest BCUT2D eigenvalue weighted by atomic mass is 15.4. The van der Waals surface area contributed by atoms with E-state index in [1.165, 1.54) is 12.8 Å². The van der Waals surface area contributed by atoms with Crippen molar-refractivity contribution in [3.8, 4) is 0 Å². The van der Waals surface area contributed by atoms with Crippen LogP contribution in [-0.2, 0) is 12.8 Å². The summed E-state index contributed by atoms with van der Waals surface area (Å²) < 4.78 is 1.11. The molecule has 0 fully saturated rings. The first-order valence-electron chi connectivity index (χ1n) is 7.17. The number of quaternary nitrogens is 1. The molecule has 4 rings (SSSR count). The minimum Gasteiger partial charge on any atom is -0.316 e. The number of fused-ring (bicyclic) bond motifs is 6. The summed E-state index contributed by atoms with van der Waals surface area (Å²) in [5.74, 6) is 0. The molecule has 0 aromatic heterocycles. The predicted octanol–water partition coefficient (Wildman–Crippen LogP) is 3.66. The zero-order valence-electron chi connectivity index (χ0n) is 11.6. The van der Waals surface area contributed by atoms with Gasteiger partial charge in [-0.05, 0) is 11.1 Å². The van der Waals surface area contributed by atoms with Crippen LogP contribution in [0.3, 0.4) is 0 Å². The molecule has 0 aliphatic carbocycles. The molecule has 0 saturated carbocycles. The standard InChI is InChI=1S/C18H20N/c1-19(2)17-11-13-7-3-5-9-15(13)18(19)12-14-8-4-6-10-16(14)17/h3-10,17-18H,11-12H2,1-2H3/q+1. The first kappa shape index (κ1) is 11.2. The molecule has 19 heavy (non-hydrogen) atoms. The van der Waals surface area contributed by atoms with Crippen LogP contribution in [0.1, 0.15) is 34.3 Å². The monoisotopic (exact) mass is 250 g/mol. The first-order valence-corrected chi connectivity index (χ1v) is 7.17. The maximum absolute atomic E-state index is 2.40. The van der Waals surface area contributed by atoms with E-state index >= 15 is 0 Å². The Morgan fingerprint density at radius 1 is 0.737 bits per heavy atom. The Bertz CT molecular complexity index is 586. The van der Waals surface area contributed by atoms with Gasteiger partial charge in [-0.3, -0.25) is 0 Å². The topological polar surface area (TPSA) is 0 Å². The number of nitrogens with zero attached hydrogens (tertiary/aromatic N) is 1. The molecule has 2 bridgehead atoms. The lowest BCUT2D eigenvalue weighted by atomic mass is 9.75. The van der Waals surface area contributed by atoms with Gasteiger partial charge in [-0.25, -0.2) is 0 Å². The van der Waals surface area contributed by atoms with E-state index < -0.39 is 0 Å². The van der Waals surface area contributed by atoms with Crippen LogP contribution in [0.5, 0.6) is 0 Å². The Morgan fingerprint density at radius 2 is 1.16 bits per heavy atom. The van der Waals surface area contributed by atoms with E-state index in [4.69, 9.17) is 0 Å². The lowest BCUT2D eigenvalue weighted by molar-refractivity contribution is -0.955. The molecule has 96 valence electrons. The minimum atomic E-state index is 0.616. The highest BCUT2D eigenvalue weighted by Crippen LogP contribution is 2.50. The third-order valence-electron chi connectivity index (χ3n) is 5.26. The van der Waals surface area contributed by atoms with Crippen LogP contribution in [0.2, 0.25) is 0 Å². The molecule has 2 atom stereocenters. The molecule has 2 aliphatic rings. The second-order valence-corrected chi connectivity index (χ2v) is 6.47. The molecule has 2 aromatic carbocycles. The van der Waals surface area contributed by atoms with E-state index in [9.17, 15) is 0 Å². The van der Waals surface area contributed by atoms with Crippen LogP contribution in [-0.4, -0.2) is 18.6 Å². The molecular weight excluding hydrogens is 230 g/mol. The number of benzene rings is 2. The first-order chi connectivity index (χ1) is 9.18. The third kappa shape index (κ3) is 1.45. The van der Waals surface area contributed by atoms with Crippen molar-refractivity contribution in [3.05, 3.63) is 70.8 Å². The van der Waals surface area contributed by atoms with Crippen LogP contribution in [0.4, 0.5) is 0 Å². The fourth-order valence-electron chi connectivity index (χ4n) is 4.13. The summed E-state index contributed by atoms with van der Waals surface area (Å²) in [4.78, 5) is 0. The van der Waals surface area contributed by atoms with Crippen LogP contribution in [0, 0.1) is 0 Å². The Labute approximate surface area is 115 Å². The highest BCUT2D eigenvalue weighted by molar-refractivity contribution is 5.40. The van der Waals surface area contributed by atoms with Gasteiger partial charge in [0.25, 0.3) is 0 Å².